The summed E-state index contributed by atoms with van der Waals surface area (Å²) in [5, 5.41) is 0. The van der Waals surface area contributed by atoms with E-state index in [9.17, 15) is 9.00 Å². The molecule has 0 radical (unpaired) electrons. The maximum atomic E-state index is 12.5. The van der Waals surface area contributed by atoms with Gasteiger partial charge in [-0.05, 0) is 31.0 Å². The number of Topliss-reactive ketones (excluding diaryl/α,β-unsaturated/α-hetero) is 1. The van der Waals surface area contributed by atoms with E-state index in [0.29, 0.717) is 13.2 Å². The zero-order valence-electron chi connectivity index (χ0n) is 14.7. The van der Waals surface area contributed by atoms with Gasteiger partial charge in [0.1, 0.15) is 5.78 Å². The molecule has 0 aromatic heterocycles. The Hall–Kier alpha value is -1.78. The summed E-state index contributed by atoms with van der Waals surface area (Å²) in [5.74, 6) is 0.157. The van der Waals surface area contributed by atoms with Crippen molar-refractivity contribution in [3.63, 3.8) is 0 Å². The van der Waals surface area contributed by atoms with Crippen molar-refractivity contribution in [2.45, 2.75) is 31.8 Å². The van der Waals surface area contributed by atoms with Crippen LogP contribution in [0.2, 0.25) is 0 Å². The van der Waals surface area contributed by atoms with E-state index in [0.717, 1.165) is 22.4 Å². The van der Waals surface area contributed by atoms with Gasteiger partial charge < -0.3 is 4.74 Å². The molecule has 1 saturated carbocycles. The van der Waals surface area contributed by atoms with Crippen LogP contribution >= 0.6 is 0 Å². The number of hydrogen-bond donors (Lipinski definition) is 0. The second kappa shape index (κ2) is 7.63. The van der Waals surface area contributed by atoms with Gasteiger partial charge in [0.2, 0.25) is 0 Å². The lowest BCUT2D eigenvalue weighted by atomic mass is 10.1. The summed E-state index contributed by atoms with van der Waals surface area (Å²) >= 11 is 0. The van der Waals surface area contributed by atoms with Crippen molar-refractivity contribution in [2.24, 2.45) is 11.3 Å². The zero-order valence-corrected chi connectivity index (χ0v) is 15.6. The quantitative estimate of drug-likeness (QED) is 0.720. The summed E-state index contributed by atoms with van der Waals surface area (Å²) in [6, 6.07) is 17.6. The normalized spacial score (nSPS) is 23.2. The average Bonchev–Trinajstić information content (AvgIpc) is 3.28. The highest BCUT2D eigenvalue weighted by Gasteiger charge is 2.54. The van der Waals surface area contributed by atoms with Gasteiger partial charge >= 0.3 is 0 Å². The van der Waals surface area contributed by atoms with E-state index in [1.807, 2.05) is 61.5 Å². The van der Waals surface area contributed by atoms with Crippen LogP contribution < -0.4 is 0 Å². The molecule has 3 atom stereocenters. The van der Waals surface area contributed by atoms with Crippen LogP contribution in [0.4, 0.5) is 0 Å². The molecule has 0 saturated heterocycles. The van der Waals surface area contributed by atoms with Gasteiger partial charge in [-0.25, -0.2) is 0 Å². The van der Waals surface area contributed by atoms with E-state index in [2.05, 4.69) is 6.92 Å². The summed E-state index contributed by atoms with van der Waals surface area (Å²) in [6.45, 7) is 5.19. The summed E-state index contributed by atoms with van der Waals surface area (Å²) in [7, 11) is -1.26. The number of rotatable bonds is 8. The first-order valence-corrected chi connectivity index (χ1v) is 9.89. The molecule has 0 N–H and O–H groups in total. The lowest BCUT2D eigenvalue weighted by Gasteiger charge is -2.12. The van der Waals surface area contributed by atoms with Crippen LogP contribution in [0.1, 0.15) is 24.5 Å². The first-order valence-electron chi connectivity index (χ1n) is 8.57. The molecule has 0 spiro atoms. The minimum Gasteiger partial charge on any atom is -0.376 e. The van der Waals surface area contributed by atoms with Gasteiger partial charge in [-0.3, -0.25) is 9.00 Å². The first-order chi connectivity index (χ1) is 12.0. The van der Waals surface area contributed by atoms with Gasteiger partial charge in [0, 0.05) is 16.2 Å². The maximum absolute atomic E-state index is 12.5. The molecule has 0 amide bonds. The molecule has 4 heteroatoms. The predicted octanol–water partition coefficient (Wildman–Crippen LogP) is 3.91. The third-order valence-corrected chi connectivity index (χ3v) is 6.19. The molecule has 1 aliphatic rings. The Morgan fingerprint density at radius 1 is 1.16 bits per heavy atom. The van der Waals surface area contributed by atoms with Crippen molar-refractivity contribution in [3.05, 3.63) is 65.7 Å². The first kappa shape index (κ1) is 18.0. The molecular formula is C21H24O3S. The highest BCUT2D eigenvalue weighted by Crippen LogP contribution is 2.53. The SMILES string of the molecule is Cc1ccc([S@@](=O)CC(=O)[C@@H]2C[C@@]2(C)COCc2ccccc2)cc1. The molecule has 1 fully saturated rings. The fourth-order valence-corrected chi connectivity index (χ4v) is 4.11. The Bertz CT molecular complexity index is 754. The van der Waals surface area contributed by atoms with Gasteiger partial charge in [0.25, 0.3) is 0 Å². The lowest BCUT2D eigenvalue weighted by molar-refractivity contribution is -0.118. The molecule has 1 aliphatic carbocycles. The maximum Gasteiger partial charge on any atom is 0.149 e. The van der Waals surface area contributed by atoms with Crippen LogP contribution in [-0.4, -0.2) is 22.4 Å². The van der Waals surface area contributed by atoms with Gasteiger partial charge in [-0.15, -0.1) is 0 Å². The summed E-state index contributed by atoms with van der Waals surface area (Å²) in [5.41, 5.74) is 2.15. The highest BCUT2D eigenvalue weighted by atomic mass is 32.2. The Kier molecular flexibility index (Phi) is 5.50. The van der Waals surface area contributed by atoms with Crippen LogP contribution in [0.5, 0.6) is 0 Å². The van der Waals surface area contributed by atoms with E-state index in [-0.39, 0.29) is 22.9 Å². The number of aryl methyl sites for hydroxylation is 1. The van der Waals surface area contributed by atoms with Crippen LogP contribution in [-0.2, 0) is 26.9 Å². The Balaban J connectivity index is 1.47. The number of benzene rings is 2. The zero-order chi connectivity index (χ0) is 17.9. The van der Waals surface area contributed by atoms with Crippen LogP contribution in [0, 0.1) is 18.3 Å². The third kappa shape index (κ3) is 4.65. The topological polar surface area (TPSA) is 43.4 Å². The van der Waals surface area contributed by atoms with Crippen molar-refractivity contribution in [1.29, 1.82) is 0 Å². The predicted molar refractivity (Wildman–Crippen MR) is 99.8 cm³/mol. The molecule has 3 nitrogen and oxygen atoms in total. The molecule has 0 unspecified atom stereocenters. The number of ether oxygens (including phenoxy) is 1. The largest absolute Gasteiger partial charge is 0.376 e. The molecule has 0 aliphatic heterocycles. The van der Waals surface area contributed by atoms with Crippen LogP contribution in [0.15, 0.2) is 59.5 Å². The number of hydrogen-bond acceptors (Lipinski definition) is 3. The number of carbonyl (C=O) groups excluding carboxylic acids is 1. The summed E-state index contributed by atoms with van der Waals surface area (Å²) in [6.07, 6.45) is 0.825. The summed E-state index contributed by atoms with van der Waals surface area (Å²) < 4.78 is 18.2. The fourth-order valence-electron chi connectivity index (χ4n) is 3.05. The Labute approximate surface area is 151 Å². The third-order valence-electron chi connectivity index (χ3n) is 4.84. The van der Waals surface area contributed by atoms with E-state index in [1.165, 1.54) is 0 Å². The lowest BCUT2D eigenvalue weighted by Crippen LogP contribution is -2.19. The molecule has 132 valence electrons. The van der Waals surface area contributed by atoms with Crippen molar-refractivity contribution < 1.29 is 13.7 Å². The van der Waals surface area contributed by atoms with Gasteiger partial charge in [0.05, 0.1) is 29.8 Å². The standard InChI is InChI=1S/C21H24O3S/c1-16-8-10-18(11-9-16)25(23)14-20(22)19-12-21(19,2)15-24-13-17-6-4-3-5-7-17/h3-11,19H,12-15H2,1-2H3/t19-,21-,25-/m0/s1. The minimum absolute atomic E-state index is 0.0299. The molecule has 2 aromatic carbocycles. The Morgan fingerprint density at radius 2 is 1.84 bits per heavy atom. The highest BCUT2D eigenvalue weighted by molar-refractivity contribution is 7.85. The van der Waals surface area contributed by atoms with Crippen molar-refractivity contribution in [1.82, 2.24) is 0 Å². The minimum atomic E-state index is -1.26. The second-order valence-electron chi connectivity index (χ2n) is 7.16. The van der Waals surface area contributed by atoms with E-state index >= 15 is 0 Å². The molecule has 2 aromatic rings. The van der Waals surface area contributed by atoms with E-state index in [1.54, 1.807) is 0 Å². The van der Waals surface area contributed by atoms with E-state index < -0.39 is 10.8 Å². The summed E-state index contributed by atoms with van der Waals surface area (Å²) in [4.78, 5) is 13.2. The molecule has 25 heavy (non-hydrogen) atoms. The van der Waals surface area contributed by atoms with E-state index in [4.69, 9.17) is 4.74 Å². The monoisotopic (exact) mass is 356 g/mol. The van der Waals surface area contributed by atoms with Crippen molar-refractivity contribution >= 4 is 16.6 Å². The number of carbonyl (C=O) groups is 1. The average molecular weight is 356 g/mol. The smallest absolute Gasteiger partial charge is 0.149 e. The van der Waals surface area contributed by atoms with Crippen LogP contribution in [0.3, 0.4) is 0 Å². The van der Waals surface area contributed by atoms with Crippen molar-refractivity contribution in [2.75, 3.05) is 12.4 Å². The molecular weight excluding hydrogens is 332 g/mol. The van der Waals surface area contributed by atoms with Gasteiger partial charge in [0.15, 0.2) is 0 Å². The fraction of sp³-hybridized carbons (Fsp3) is 0.381. The molecule has 3 rings (SSSR count). The van der Waals surface area contributed by atoms with Gasteiger partial charge in [-0.2, -0.15) is 0 Å². The van der Waals surface area contributed by atoms with Crippen molar-refractivity contribution in [3.8, 4) is 0 Å². The van der Waals surface area contributed by atoms with Crippen LogP contribution in [0.25, 0.3) is 0 Å². The Morgan fingerprint density at radius 3 is 2.52 bits per heavy atom. The second-order valence-corrected chi connectivity index (χ2v) is 8.61. The van der Waals surface area contributed by atoms with Gasteiger partial charge in [-0.1, -0.05) is 55.0 Å². The molecule has 0 heterocycles. The number of ketones is 1. The molecule has 0 bridgehead atoms.